The van der Waals surface area contributed by atoms with Gasteiger partial charge < -0.3 is 0 Å². The van der Waals surface area contributed by atoms with Gasteiger partial charge in [0, 0.05) is 0 Å². The average Bonchev–Trinajstić information content (AvgIpc) is 2.82. The van der Waals surface area contributed by atoms with Crippen molar-refractivity contribution in [3.8, 4) is 0 Å². The molecule has 0 amide bonds. The van der Waals surface area contributed by atoms with Gasteiger partial charge in [0.15, 0.2) is 0 Å². The van der Waals surface area contributed by atoms with Crippen LogP contribution in [0, 0.1) is 0 Å². The van der Waals surface area contributed by atoms with Gasteiger partial charge in [0.25, 0.3) is 0 Å². The van der Waals surface area contributed by atoms with E-state index in [2.05, 4.69) is 54.6 Å². The van der Waals surface area contributed by atoms with Crippen LogP contribution < -0.4 is 8.70 Å². The van der Waals surface area contributed by atoms with Crippen molar-refractivity contribution >= 4 is 46.6 Å². The third kappa shape index (κ3) is 2.74. The van der Waals surface area contributed by atoms with Crippen molar-refractivity contribution in [2.45, 2.75) is 5.38 Å². The van der Waals surface area contributed by atoms with Crippen molar-refractivity contribution in [1.82, 2.24) is 0 Å². The molecular weight excluding hydrogens is 350 g/mol. The molecule has 1 unspecified atom stereocenters. The molecule has 0 saturated heterocycles. The molecule has 2 aromatic carbocycles. The van der Waals surface area contributed by atoms with E-state index in [0.717, 1.165) is 5.03 Å². The quantitative estimate of drug-likeness (QED) is 0.579. The van der Waals surface area contributed by atoms with E-state index >= 15 is 0 Å². The van der Waals surface area contributed by atoms with Gasteiger partial charge in [-0.2, -0.15) is 0 Å². The molecule has 0 spiro atoms. The number of hydrogen-bond acceptors (Lipinski definition) is 0. The fourth-order valence-corrected chi connectivity index (χ4v) is 8.17. The topological polar surface area (TPSA) is 0 Å². The molecule has 100 valence electrons. The third-order valence-corrected chi connectivity index (χ3v) is 9.63. The van der Waals surface area contributed by atoms with E-state index in [9.17, 15) is 0 Å². The minimum atomic E-state index is -1.61. The zero-order valence-electron chi connectivity index (χ0n) is 10.7. The molecular formula is C17H13AsCl2. The molecule has 20 heavy (non-hydrogen) atoms. The number of alkyl halides is 1. The minimum absolute atomic E-state index is 0.170. The summed E-state index contributed by atoms with van der Waals surface area (Å²) in [6.07, 6.45) is 4.09. The van der Waals surface area contributed by atoms with Gasteiger partial charge in [0.2, 0.25) is 0 Å². The first-order valence-electron chi connectivity index (χ1n) is 6.39. The SMILES string of the molecule is ClC1=C([As](c2ccccc2)c2ccccc2)C=CC1Cl. The first-order chi connectivity index (χ1) is 9.77. The standard InChI is InChI=1S/C17H13AsCl2/c19-16-12-11-15(17(16)20)18(13-7-3-1-4-8-13)14-9-5-2-6-10-14/h1-12,16H. The Balaban J connectivity index is 2.13. The second-order valence-electron chi connectivity index (χ2n) is 4.50. The van der Waals surface area contributed by atoms with Crippen LogP contribution in [0.5, 0.6) is 0 Å². The fraction of sp³-hybridized carbons (Fsp3) is 0.0588. The molecule has 0 nitrogen and oxygen atoms in total. The van der Waals surface area contributed by atoms with Crippen molar-refractivity contribution in [2.24, 2.45) is 0 Å². The maximum atomic E-state index is 6.44. The molecule has 0 fully saturated rings. The predicted molar refractivity (Wildman–Crippen MR) is 89.6 cm³/mol. The van der Waals surface area contributed by atoms with Gasteiger partial charge in [0.05, 0.1) is 0 Å². The average molecular weight is 363 g/mol. The second-order valence-corrected chi connectivity index (χ2v) is 9.96. The molecule has 0 heterocycles. The summed E-state index contributed by atoms with van der Waals surface area (Å²) in [4.78, 5) is 0. The van der Waals surface area contributed by atoms with Crippen LogP contribution in [0.15, 0.2) is 82.2 Å². The van der Waals surface area contributed by atoms with Crippen molar-refractivity contribution in [1.29, 1.82) is 0 Å². The Labute approximate surface area is 134 Å². The first-order valence-corrected chi connectivity index (χ1v) is 10.0. The maximum absolute atomic E-state index is 6.44. The molecule has 3 heteroatoms. The second kappa shape index (κ2) is 6.22. The summed E-state index contributed by atoms with van der Waals surface area (Å²) in [6, 6.07) is 21.2. The van der Waals surface area contributed by atoms with Crippen LogP contribution in [0.25, 0.3) is 0 Å². The molecule has 0 radical (unpaired) electrons. The van der Waals surface area contributed by atoms with Crippen molar-refractivity contribution in [3.05, 3.63) is 82.2 Å². The summed E-state index contributed by atoms with van der Waals surface area (Å²) in [7, 11) is 0. The van der Waals surface area contributed by atoms with Crippen molar-refractivity contribution in [3.63, 3.8) is 0 Å². The molecule has 0 N–H and O–H groups in total. The van der Waals surface area contributed by atoms with E-state index in [1.165, 1.54) is 13.1 Å². The zero-order chi connectivity index (χ0) is 13.9. The summed E-state index contributed by atoms with van der Waals surface area (Å²) in [5, 5.41) is 0.621. The number of rotatable bonds is 3. The van der Waals surface area contributed by atoms with E-state index in [1.807, 2.05) is 18.2 Å². The van der Waals surface area contributed by atoms with Crippen LogP contribution in [0.1, 0.15) is 0 Å². The van der Waals surface area contributed by atoms with E-state index < -0.39 is 14.7 Å². The van der Waals surface area contributed by atoms with E-state index in [-0.39, 0.29) is 5.38 Å². The summed E-state index contributed by atoms with van der Waals surface area (Å²) >= 11 is 11.1. The Hall–Kier alpha value is -0.942. The summed E-state index contributed by atoms with van der Waals surface area (Å²) in [5.41, 5.74) is 0. The van der Waals surface area contributed by atoms with Crippen molar-refractivity contribution in [2.75, 3.05) is 0 Å². The number of hydrogen-bond donors (Lipinski definition) is 0. The predicted octanol–water partition coefficient (Wildman–Crippen LogP) is 3.50. The van der Waals surface area contributed by atoms with Gasteiger partial charge in [0.1, 0.15) is 0 Å². The first kappa shape index (κ1) is 14.0. The van der Waals surface area contributed by atoms with Gasteiger partial charge in [-0.1, -0.05) is 0 Å². The van der Waals surface area contributed by atoms with Gasteiger partial charge in [-0.3, -0.25) is 0 Å². The molecule has 0 aromatic heterocycles. The Morgan fingerprint density at radius 3 is 1.70 bits per heavy atom. The van der Waals surface area contributed by atoms with Crippen LogP contribution in [0.3, 0.4) is 0 Å². The Morgan fingerprint density at radius 2 is 1.30 bits per heavy atom. The molecule has 1 aliphatic rings. The molecule has 0 saturated carbocycles. The van der Waals surface area contributed by atoms with Gasteiger partial charge in [-0.15, -0.1) is 0 Å². The summed E-state index contributed by atoms with van der Waals surface area (Å²) in [6.45, 7) is 0. The molecule has 1 aliphatic carbocycles. The summed E-state index contributed by atoms with van der Waals surface area (Å²) < 4.78 is 3.97. The van der Waals surface area contributed by atoms with Crippen LogP contribution in [0.4, 0.5) is 0 Å². The van der Waals surface area contributed by atoms with E-state index in [4.69, 9.17) is 23.2 Å². The normalized spacial score (nSPS) is 18.1. The van der Waals surface area contributed by atoms with Crippen LogP contribution >= 0.6 is 23.2 Å². The van der Waals surface area contributed by atoms with Gasteiger partial charge in [-0.05, 0) is 0 Å². The van der Waals surface area contributed by atoms with Gasteiger partial charge in [-0.25, -0.2) is 0 Å². The number of halogens is 2. The monoisotopic (exact) mass is 362 g/mol. The van der Waals surface area contributed by atoms with Crippen LogP contribution in [-0.2, 0) is 0 Å². The van der Waals surface area contributed by atoms with Crippen LogP contribution in [0.2, 0.25) is 0 Å². The Morgan fingerprint density at radius 1 is 0.800 bits per heavy atom. The Kier molecular flexibility index (Phi) is 4.36. The molecule has 2 aromatic rings. The van der Waals surface area contributed by atoms with E-state index in [1.54, 1.807) is 0 Å². The van der Waals surface area contributed by atoms with Crippen LogP contribution in [-0.4, -0.2) is 20.0 Å². The summed E-state index contributed by atoms with van der Waals surface area (Å²) in [5.74, 6) is 0. The van der Waals surface area contributed by atoms with Gasteiger partial charge >= 0.3 is 134 Å². The number of benzene rings is 2. The Bertz CT molecular complexity index is 608. The number of allylic oxidation sites excluding steroid dienone is 4. The zero-order valence-corrected chi connectivity index (χ0v) is 14.1. The van der Waals surface area contributed by atoms with E-state index in [0.29, 0.717) is 0 Å². The molecule has 0 bridgehead atoms. The molecule has 0 aliphatic heterocycles. The molecule has 3 rings (SSSR count). The molecule has 1 atom stereocenters. The fourth-order valence-electron chi connectivity index (χ4n) is 2.24. The van der Waals surface area contributed by atoms with Crippen molar-refractivity contribution < 1.29 is 0 Å². The third-order valence-electron chi connectivity index (χ3n) is 3.18.